The summed E-state index contributed by atoms with van der Waals surface area (Å²) in [5.41, 5.74) is 4.55. The van der Waals surface area contributed by atoms with Gasteiger partial charge in [0.25, 0.3) is 0 Å². The highest BCUT2D eigenvalue weighted by atomic mass is 16.2. The Kier molecular flexibility index (Phi) is 4.38. The van der Waals surface area contributed by atoms with E-state index in [0.717, 1.165) is 28.6 Å². The van der Waals surface area contributed by atoms with Crippen molar-refractivity contribution in [2.24, 2.45) is 0 Å². The Morgan fingerprint density at radius 2 is 1.81 bits per heavy atom. The standard InChI is InChI=1S/C20H17N5O/c26-20(23-9-8-15-4-2-1-3-5-15)25-14-24-18-7-6-16(10-19(18)25)17-11-21-13-22-12-17/h1-7,10-14H,8-9H2,(H,23,26). The van der Waals surface area contributed by atoms with E-state index < -0.39 is 0 Å². The van der Waals surface area contributed by atoms with E-state index >= 15 is 0 Å². The summed E-state index contributed by atoms with van der Waals surface area (Å²) in [5.74, 6) is 0. The van der Waals surface area contributed by atoms with Crippen molar-refractivity contribution in [1.29, 1.82) is 0 Å². The quantitative estimate of drug-likeness (QED) is 0.617. The molecule has 0 aliphatic heterocycles. The topological polar surface area (TPSA) is 72.7 Å². The van der Waals surface area contributed by atoms with Crippen molar-refractivity contribution in [2.75, 3.05) is 6.54 Å². The maximum absolute atomic E-state index is 12.5. The molecule has 6 heteroatoms. The number of hydrogen-bond donors (Lipinski definition) is 1. The zero-order chi connectivity index (χ0) is 17.8. The minimum Gasteiger partial charge on any atom is -0.337 e. The van der Waals surface area contributed by atoms with E-state index in [1.165, 1.54) is 16.5 Å². The number of rotatable bonds is 4. The van der Waals surface area contributed by atoms with Crippen molar-refractivity contribution in [3.8, 4) is 11.1 Å². The Morgan fingerprint density at radius 1 is 1.00 bits per heavy atom. The van der Waals surface area contributed by atoms with E-state index in [4.69, 9.17) is 0 Å². The number of hydrogen-bond acceptors (Lipinski definition) is 4. The summed E-state index contributed by atoms with van der Waals surface area (Å²) in [4.78, 5) is 24.9. The highest BCUT2D eigenvalue weighted by Gasteiger charge is 2.11. The molecule has 1 N–H and O–H groups in total. The first-order valence-corrected chi connectivity index (χ1v) is 8.36. The maximum Gasteiger partial charge on any atom is 0.327 e. The second-order valence-corrected chi connectivity index (χ2v) is 5.91. The first-order chi connectivity index (χ1) is 12.8. The number of nitrogens with one attached hydrogen (secondary N) is 1. The number of nitrogens with zero attached hydrogens (tertiary/aromatic N) is 4. The minimum absolute atomic E-state index is 0.190. The molecule has 4 rings (SSSR count). The molecule has 0 saturated carbocycles. The highest BCUT2D eigenvalue weighted by Crippen LogP contribution is 2.22. The third-order valence-corrected chi connectivity index (χ3v) is 4.19. The Balaban J connectivity index is 1.53. The van der Waals surface area contributed by atoms with Crippen LogP contribution in [0.4, 0.5) is 4.79 Å². The van der Waals surface area contributed by atoms with Gasteiger partial charge in [-0.1, -0.05) is 36.4 Å². The molecule has 0 aliphatic carbocycles. The van der Waals surface area contributed by atoms with Crippen LogP contribution in [-0.4, -0.2) is 32.1 Å². The SMILES string of the molecule is O=C(NCCc1ccccc1)n1cnc2ccc(-c3cncnc3)cc21. The van der Waals surface area contributed by atoms with E-state index in [-0.39, 0.29) is 6.03 Å². The van der Waals surface area contributed by atoms with Crippen molar-refractivity contribution in [1.82, 2.24) is 24.8 Å². The maximum atomic E-state index is 12.5. The van der Waals surface area contributed by atoms with Crippen molar-refractivity contribution < 1.29 is 4.79 Å². The summed E-state index contributed by atoms with van der Waals surface area (Å²) in [6.07, 6.45) is 7.32. The monoisotopic (exact) mass is 343 g/mol. The van der Waals surface area contributed by atoms with Crippen LogP contribution >= 0.6 is 0 Å². The molecular weight excluding hydrogens is 326 g/mol. The van der Waals surface area contributed by atoms with Crippen LogP contribution in [0.2, 0.25) is 0 Å². The van der Waals surface area contributed by atoms with Gasteiger partial charge in [0, 0.05) is 24.5 Å². The molecule has 0 atom stereocenters. The van der Waals surface area contributed by atoms with Gasteiger partial charge < -0.3 is 5.32 Å². The zero-order valence-corrected chi connectivity index (χ0v) is 14.0. The Bertz CT molecular complexity index is 1030. The van der Waals surface area contributed by atoms with Crippen LogP contribution in [0.3, 0.4) is 0 Å². The average molecular weight is 343 g/mol. The molecule has 0 radical (unpaired) electrons. The van der Waals surface area contributed by atoms with Gasteiger partial charge >= 0.3 is 6.03 Å². The van der Waals surface area contributed by atoms with E-state index in [9.17, 15) is 4.79 Å². The number of fused-ring (bicyclic) bond motifs is 1. The number of benzene rings is 2. The molecule has 0 fully saturated rings. The lowest BCUT2D eigenvalue weighted by molar-refractivity contribution is 0.243. The highest BCUT2D eigenvalue weighted by molar-refractivity contribution is 5.91. The van der Waals surface area contributed by atoms with Crippen LogP contribution in [0.1, 0.15) is 5.56 Å². The third kappa shape index (κ3) is 3.30. The van der Waals surface area contributed by atoms with Gasteiger partial charge in [-0.05, 0) is 29.7 Å². The van der Waals surface area contributed by atoms with Crippen LogP contribution in [0, 0.1) is 0 Å². The van der Waals surface area contributed by atoms with Gasteiger partial charge in [-0.15, -0.1) is 0 Å². The molecule has 0 spiro atoms. The average Bonchev–Trinajstić information content (AvgIpc) is 3.13. The molecule has 2 aromatic carbocycles. The van der Waals surface area contributed by atoms with Gasteiger partial charge in [0.2, 0.25) is 0 Å². The molecule has 0 aliphatic rings. The summed E-state index contributed by atoms with van der Waals surface area (Å²) in [5, 5.41) is 2.94. The molecule has 26 heavy (non-hydrogen) atoms. The van der Waals surface area contributed by atoms with Crippen molar-refractivity contribution in [3.63, 3.8) is 0 Å². The third-order valence-electron chi connectivity index (χ3n) is 4.19. The predicted molar refractivity (Wildman–Crippen MR) is 99.7 cm³/mol. The lowest BCUT2D eigenvalue weighted by atomic mass is 10.1. The van der Waals surface area contributed by atoms with Gasteiger partial charge in [0.1, 0.15) is 12.7 Å². The first-order valence-electron chi connectivity index (χ1n) is 8.36. The lowest BCUT2D eigenvalue weighted by Gasteiger charge is -2.07. The molecule has 128 valence electrons. The summed E-state index contributed by atoms with van der Waals surface area (Å²) < 4.78 is 1.54. The fourth-order valence-electron chi connectivity index (χ4n) is 2.84. The number of imidazole rings is 1. The van der Waals surface area contributed by atoms with Gasteiger partial charge in [0.05, 0.1) is 11.0 Å². The molecule has 1 amide bonds. The second kappa shape index (κ2) is 7.14. The van der Waals surface area contributed by atoms with Gasteiger partial charge in [-0.25, -0.2) is 19.7 Å². The van der Waals surface area contributed by atoms with Crippen LogP contribution in [0.25, 0.3) is 22.2 Å². The summed E-state index contributed by atoms with van der Waals surface area (Å²) in [6.45, 7) is 0.564. The van der Waals surface area contributed by atoms with Crippen molar-refractivity contribution in [3.05, 3.63) is 79.1 Å². The summed E-state index contributed by atoms with van der Waals surface area (Å²) >= 11 is 0. The Labute approximate surface area is 150 Å². The van der Waals surface area contributed by atoms with Gasteiger partial charge in [-0.2, -0.15) is 0 Å². The fourth-order valence-corrected chi connectivity index (χ4v) is 2.84. The molecule has 2 aromatic heterocycles. The number of amides is 1. The number of carbonyl (C=O) groups excluding carboxylic acids is 1. The van der Waals surface area contributed by atoms with Crippen LogP contribution in [-0.2, 0) is 6.42 Å². The van der Waals surface area contributed by atoms with E-state index in [1.807, 2.05) is 48.5 Å². The minimum atomic E-state index is -0.190. The van der Waals surface area contributed by atoms with Crippen LogP contribution < -0.4 is 5.32 Å². The molecule has 0 unspecified atom stereocenters. The number of carbonyl (C=O) groups is 1. The molecule has 4 aromatic rings. The molecule has 0 bridgehead atoms. The zero-order valence-electron chi connectivity index (χ0n) is 14.0. The van der Waals surface area contributed by atoms with E-state index in [0.29, 0.717) is 6.54 Å². The summed E-state index contributed by atoms with van der Waals surface area (Å²) in [6, 6.07) is 15.7. The first kappa shape index (κ1) is 16.0. The van der Waals surface area contributed by atoms with Gasteiger partial charge in [-0.3, -0.25) is 4.57 Å². The smallest absolute Gasteiger partial charge is 0.327 e. The van der Waals surface area contributed by atoms with Crippen LogP contribution in [0.15, 0.2) is 73.6 Å². The van der Waals surface area contributed by atoms with E-state index in [1.54, 1.807) is 18.7 Å². The molecule has 6 nitrogen and oxygen atoms in total. The predicted octanol–water partition coefficient (Wildman–Crippen LogP) is 3.29. The largest absolute Gasteiger partial charge is 0.337 e. The normalized spacial score (nSPS) is 10.8. The Hall–Kier alpha value is -3.54. The summed E-state index contributed by atoms with van der Waals surface area (Å²) in [7, 11) is 0. The fraction of sp³-hybridized carbons (Fsp3) is 0.100. The molecule has 0 saturated heterocycles. The second-order valence-electron chi connectivity index (χ2n) is 5.91. The Morgan fingerprint density at radius 3 is 2.62 bits per heavy atom. The molecule has 2 heterocycles. The molecular formula is C20H17N5O. The van der Waals surface area contributed by atoms with Crippen molar-refractivity contribution in [2.45, 2.75) is 6.42 Å². The van der Waals surface area contributed by atoms with Gasteiger partial charge in [0.15, 0.2) is 0 Å². The van der Waals surface area contributed by atoms with Crippen molar-refractivity contribution >= 4 is 17.1 Å². The number of aromatic nitrogens is 4. The van der Waals surface area contributed by atoms with E-state index in [2.05, 4.69) is 20.3 Å². The van der Waals surface area contributed by atoms with Crippen LogP contribution in [0.5, 0.6) is 0 Å². The lowest BCUT2D eigenvalue weighted by Crippen LogP contribution is -2.29.